The van der Waals surface area contributed by atoms with Crippen molar-refractivity contribution in [2.75, 3.05) is 0 Å². The molecule has 0 saturated heterocycles. The Balaban J connectivity index is 1.13. The first-order valence-electron chi connectivity index (χ1n) is 18.0. The molecular weight excluding hydrogens is 623 g/mol. The van der Waals surface area contributed by atoms with Crippen LogP contribution in [-0.2, 0) is 12.8 Å². The molecule has 244 valence electrons. The zero-order valence-corrected chi connectivity index (χ0v) is 28.3. The summed E-state index contributed by atoms with van der Waals surface area (Å²) >= 11 is 0. The van der Waals surface area contributed by atoms with Crippen molar-refractivity contribution in [3.63, 3.8) is 0 Å². The van der Waals surface area contributed by atoms with E-state index >= 15 is 0 Å². The Morgan fingerprint density at radius 1 is 0.510 bits per heavy atom. The molecule has 3 aliphatic carbocycles. The number of aryl methyl sites for hydroxylation is 1. The van der Waals surface area contributed by atoms with Crippen molar-refractivity contribution in [2.45, 2.75) is 38.5 Å². The molecule has 0 bridgehead atoms. The maximum atomic E-state index is 6.53. The average molecular weight is 658 g/mol. The van der Waals surface area contributed by atoms with E-state index in [0.717, 1.165) is 77.2 Å². The predicted octanol–water partition coefficient (Wildman–Crippen LogP) is 12.1. The van der Waals surface area contributed by atoms with Gasteiger partial charge in [0.1, 0.15) is 11.2 Å². The number of furan rings is 1. The highest BCUT2D eigenvalue weighted by Gasteiger charge is 2.22. The Morgan fingerprint density at radius 3 is 2.22 bits per heavy atom. The van der Waals surface area contributed by atoms with Gasteiger partial charge in [-0.25, -0.2) is 15.0 Å². The molecule has 0 amide bonds. The molecule has 10 rings (SSSR count). The Morgan fingerprint density at radius 2 is 1.31 bits per heavy atom. The van der Waals surface area contributed by atoms with Crippen molar-refractivity contribution >= 4 is 39.7 Å². The van der Waals surface area contributed by atoms with Crippen molar-refractivity contribution < 1.29 is 4.42 Å². The minimum Gasteiger partial charge on any atom is -0.456 e. The summed E-state index contributed by atoms with van der Waals surface area (Å²) in [5.74, 6) is 2.07. The molecule has 0 spiro atoms. The van der Waals surface area contributed by atoms with Crippen molar-refractivity contribution in [1.29, 1.82) is 0 Å². The summed E-state index contributed by atoms with van der Waals surface area (Å²) in [6.45, 7) is 0. The van der Waals surface area contributed by atoms with Gasteiger partial charge in [0.25, 0.3) is 0 Å². The van der Waals surface area contributed by atoms with Gasteiger partial charge in [-0.05, 0) is 113 Å². The largest absolute Gasteiger partial charge is 0.456 e. The van der Waals surface area contributed by atoms with Gasteiger partial charge >= 0.3 is 0 Å². The quantitative estimate of drug-likeness (QED) is 0.185. The van der Waals surface area contributed by atoms with E-state index in [1.54, 1.807) is 0 Å². The number of rotatable bonds is 5. The van der Waals surface area contributed by atoms with E-state index in [9.17, 15) is 0 Å². The Bertz CT molecular complexity index is 2640. The summed E-state index contributed by atoms with van der Waals surface area (Å²) in [7, 11) is 0. The lowest BCUT2D eigenvalue weighted by atomic mass is 9.85. The molecular formula is C47H35N3O. The topological polar surface area (TPSA) is 51.8 Å². The summed E-state index contributed by atoms with van der Waals surface area (Å²) in [5.41, 5.74) is 14.8. The fraction of sp³-hybridized carbons (Fsp3) is 0.128. The lowest BCUT2D eigenvalue weighted by Gasteiger charge is -2.20. The molecule has 0 radical (unpaired) electrons. The summed E-state index contributed by atoms with van der Waals surface area (Å²) in [6.07, 6.45) is 22.0. The Hall–Kier alpha value is -6.13. The van der Waals surface area contributed by atoms with Gasteiger partial charge in [0.05, 0.1) is 0 Å². The highest BCUT2D eigenvalue weighted by molar-refractivity contribution is 6.13. The van der Waals surface area contributed by atoms with Crippen LogP contribution in [0.25, 0.3) is 85.0 Å². The molecule has 0 N–H and O–H groups in total. The lowest BCUT2D eigenvalue weighted by Crippen LogP contribution is -2.05. The van der Waals surface area contributed by atoms with Crippen molar-refractivity contribution in [3.8, 4) is 45.3 Å². The summed E-state index contributed by atoms with van der Waals surface area (Å²) < 4.78 is 6.53. The van der Waals surface area contributed by atoms with E-state index in [-0.39, 0.29) is 0 Å². The smallest absolute Gasteiger partial charge is 0.164 e. The highest BCUT2D eigenvalue weighted by Crippen LogP contribution is 2.43. The second-order valence-electron chi connectivity index (χ2n) is 13.7. The van der Waals surface area contributed by atoms with Gasteiger partial charge < -0.3 is 4.42 Å². The molecule has 0 atom stereocenters. The van der Waals surface area contributed by atoms with Gasteiger partial charge in [0.15, 0.2) is 17.5 Å². The second-order valence-corrected chi connectivity index (χ2v) is 13.7. The zero-order valence-electron chi connectivity index (χ0n) is 28.3. The second kappa shape index (κ2) is 12.3. The van der Waals surface area contributed by atoms with Crippen molar-refractivity contribution in [1.82, 2.24) is 15.0 Å². The molecule has 3 aliphatic rings. The van der Waals surface area contributed by atoms with Crippen LogP contribution in [0.15, 0.2) is 132 Å². The van der Waals surface area contributed by atoms with Crippen LogP contribution in [0.3, 0.4) is 0 Å². The molecule has 5 aromatic carbocycles. The number of aromatic nitrogens is 3. The number of nitrogens with zero attached hydrogens (tertiary/aromatic N) is 3. The maximum absolute atomic E-state index is 6.53. The molecule has 0 fully saturated rings. The fourth-order valence-electron chi connectivity index (χ4n) is 7.97. The average Bonchev–Trinajstić information content (AvgIpc) is 3.59. The van der Waals surface area contributed by atoms with Gasteiger partial charge in [0.2, 0.25) is 0 Å². The van der Waals surface area contributed by atoms with Crippen LogP contribution in [0.4, 0.5) is 0 Å². The standard InChI is InChI=1S/C47H35N3O/c1-3-12-30(13-4-1)34-24-25-41-43(29-34)51-42-21-11-20-39(44(41)42)38-26-27-40(37-19-10-9-18-36(37)38)47-49-45(32-15-5-2-6-16-32)48-46(50-47)35-23-22-31-14-7-8-17-33(31)28-35/h2-3,5-7,10-16,19-29H,1,4,8-9,17-18H2. The van der Waals surface area contributed by atoms with Gasteiger partial charge in [-0.3, -0.25) is 0 Å². The molecule has 2 aromatic heterocycles. The Labute approximate surface area is 297 Å². The van der Waals surface area contributed by atoms with Gasteiger partial charge in [0, 0.05) is 27.5 Å². The van der Waals surface area contributed by atoms with E-state index in [2.05, 4.69) is 121 Å². The first kappa shape index (κ1) is 29.8. The number of benzene rings is 5. The summed E-state index contributed by atoms with van der Waals surface area (Å²) in [6, 6.07) is 34.4. The molecule has 4 heteroatoms. The third-order valence-corrected chi connectivity index (χ3v) is 10.5. The van der Waals surface area contributed by atoms with Gasteiger partial charge in [-0.1, -0.05) is 109 Å². The third kappa shape index (κ3) is 5.26. The molecule has 0 unspecified atom stereocenters. The molecule has 0 aliphatic heterocycles. The van der Waals surface area contributed by atoms with E-state index in [1.807, 2.05) is 18.2 Å². The molecule has 2 heterocycles. The predicted molar refractivity (Wildman–Crippen MR) is 210 cm³/mol. The highest BCUT2D eigenvalue weighted by atomic mass is 16.3. The molecule has 4 nitrogen and oxygen atoms in total. The molecule has 7 aromatic rings. The Kier molecular flexibility index (Phi) is 7.19. The van der Waals surface area contributed by atoms with Gasteiger partial charge in [-0.2, -0.15) is 0 Å². The molecule has 51 heavy (non-hydrogen) atoms. The fourth-order valence-corrected chi connectivity index (χ4v) is 7.97. The zero-order chi connectivity index (χ0) is 33.7. The minimum absolute atomic E-state index is 0.680. The number of allylic oxidation sites excluding steroid dienone is 6. The van der Waals surface area contributed by atoms with E-state index in [1.165, 1.54) is 44.5 Å². The van der Waals surface area contributed by atoms with Crippen LogP contribution < -0.4 is 0 Å². The SMILES string of the molecule is C1=CC(c2ccc3c(c2)oc2cccc(-c4ccc(-c5nc(-c6ccccc6)nc(-c6ccc7c(c6)CCC=C7)n5)c5c4CCC=C5)c23)=CCC1. The van der Waals surface area contributed by atoms with Crippen LogP contribution in [0.2, 0.25) is 0 Å². The van der Waals surface area contributed by atoms with Crippen LogP contribution in [-0.4, -0.2) is 15.0 Å². The number of hydrogen-bond acceptors (Lipinski definition) is 4. The maximum Gasteiger partial charge on any atom is 0.164 e. The van der Waals surface area contributed by atoms with E-state index < -0.39 is 0 Å². The van der Waals surface area contributed by atoms with Crippen LogP contribution >= 0.6 is 0 Å². The van der Waals surface area contributed by atoms with Crippen molar-refractivity contribution in [3.05, 3.63) is 155 Å². The monoisotopic (exact) mass is 657 g/mol. The van der Waals surface area contributed by atoms with E-state index in [4.69, 9.17) is 19.4 Å². The van der Waals surface area contributed by atoms with Crippen LogP contribution in [0.1, 0.15) is 53.5 Å². The lowest BCUT2D eigenvalue weighted by molar-refractivity contribution is 0.669. The van der Waals surface area contributed by atoms with Crippen molar-refractivity contribution in [2.24, 2.45) is 0 Å². The van der Waals surface area contributed by atoms with Crippen LogP contribution in [0, 0.1) is 0 Å². The third-order valence-electron chi connectivity index (χ3n) is 10.5. The van der Waals surface area contributed by atoms with Crippen LogP contribution in [0.5, 0.6) is 0 Å². The first-order chi connectivity index (χ1) is 25.3. The van der Waals surface area contributed by atoms with Gasteiger partial charge in [-0.15, -0.1) is 0 Å². The van der Waals surface area contributed by atoms with E-state index in [0.29, 0.717) is 17.5 Å². The summed E-state index contributed by atoms with van der Waals surface area (Å²) in [4.78, 5) is 15.4. The minimum atomic E-state index is 0.680. The molecule has 0 saturated carbocycles. The number of fused-ring (bicyclic) bond motifs is 5. The number of hydrogen-bond donors (Lipinski definition) is 0. The normalized spacial score (nSPS) is 14.9. The summed E-state index contributed by atoms with van der Waals surface area (Å²) in [5, 5.41) is 2.30. The first-order valence-corrected chi connectivity index (χ1v) is 18.0.